The highest BCUT2D eigenvalue weighted by Crippen LogP contribution is 2.18. The van der Waals surface area contributed by atoms with E-state index >= 15 is 0 Å². The molecule has 0 aliphatic rings. The molecule has 0 rings (SSSR count). The average Bonchev–Trinajstić information content (AvgIpc) is 3.75. The maximum Gasteiger partial charge on any atom is 0.306 e. The van der Waals surface area contributed by atoms with E-state index in [-0.39, 0.29) is 25.2 Å². The fourth-order valence-electron chi connectivity index (χ4n) is 10.8. The van der Waals surface area contributed by atoms with Gasteiger partial charge in [-0.15, -0.1) is 0 Å². The largest absolute Gasteiger partial charge is 0.462 e. The van der Waals surface area contributed by atoms with Crippen LogP contribution < -0.4 is 0 Å². The molecule has 1 unspecified atom stereocenters. The Kier molecular flexibility index (Phi) is 76.3. The third-order valence-corrected chi connectivity index (χ3v) is 16.5. The molecule has 0 spiro atoms. The van der Waals surface area contributed by atoms with Crippen molar-refractivity contribution in [1.82, 2.24) is 0 Å². The number of ether oxygens (including phenoxy) is 2. The second-order valence-corrected chi connectivity index (χ2v) is 25.3. The number of hydrogen-bond acceptors (Lipinski definition) is 5. The monoisotopic (exact) mass is 1270 g/mol. The summed E-state index contributed by atoms with van der Waals surface area (Å²) in [5, 5.41) is 9.73. The maximum absolute atomic E-state index is 12.4. The summed E-state index contributed by atoms with van der Waals surface area (Å²) in [6.45, 7) is 3.93. The quantitative estimate of drug-likeness (QED) is 0.0373. The molecule has 5 nitrogen and oxygen atoms in total. The number of allylic oxidation sites excluding steroid dienone is 28. The van der Waals surface area contributed by atoms with Gasteiger partial charge in [-0.05, 0) is 128 Å². The molecular weight excluding hydrogens is 1120 g/mol. The van der Waals surface area contributed by atoms with Gasteiger partial charge in [0.15, 0.2) is 6.10 Å². The van der Waals surface area contributed by atoms with Crippen molar-refractivity contribution in [2.75, 3.05) is 13.2 Å². The predicted molar refractivity (Wildman–Crippen MR) is 407 cm³/mol. The van der Waals surface area contributed by atoms with Crippen molar-refractivity contribution < 1.29 is 24.2 Å². The van der Waals surface area contributed by atoms with Gasteiger partial charge in [-0.25, -0.2) is 0 Å². The van der Waals surface area contributed by atoms with E-state index < -0.39 is 6.10 Å². The molecule has 522 valence electrons. The first-order chi connectivity index (χ1) is 45.6. The van der Waals surface area contributed by atoms with E-state index in [1.165, 1.54) is 193 Å². The smallest absolute Gasteiger partial charge is 0.306 e. The van der Waals surface area contributed by atoms with Crippen molar-refractivity contribution >= 4 is 11.9 Å². The molecular formula is C87H144O5. The van der Waals surface area contributed by atoms with Crippen LogP contribution in [0.3, 0.4) is 0 Å². The minimum Gasteiger partial charge on any atom is -0.462 e. The van der Waals surface area contributed by atoms with Gasteiger partial charge in [-0.1, -0.05) is 377 Å². The first kappa shape index (κ1) is 87.3. The number of aliphatic hydroxyl groups is 1. The van der Waals surface area contributed by atoms with E-state index in [0.717, 1.165) is 128 Å². The highest BCUT2D eigenvalue weighted by atomic mass is 16.6. The zero-order chi connectivity index (χ0) is 66.1. The van der Waals surface area contributed by atoms with Crippen molar-refractivity contribution in [3.8, 4) is 0 Å². The molecule has 0 saturated carbocycles. The summed E-state index contributed by atoms with van der Waals surface area (Å²) in [6.07, 6.45) is 124. The van der Waals surface area contributed by atoms with E-state index in [1.54, 1.807) is 0 Å². The molecule has 0 aliphatic carbocycles. The van der Waals surface area contributed by atoms with Gasteiger partial charge in [0.05, 0.1) is 6.61 Å². The summed E-state index contributed by atoms with van der Waals surface area (Å²) in [7, 11) is 0. The van der Waals surface area contributed by atoms with Crippen LogP contribution in [-0.2, 0) is 19.1 Å². The molecule has 5 heteroatoms. The zero-order valence-corrected chi connectivity index (χ0v) is 60.0. The molecule has 0 heterocycles. The van der Waals surface area contributed by atoms with Gasteiger partial charge in [0, 0.05) is 12.8 Å². The van der Waals surface area contributed by atoms with E-state index in [9.17, 15) is 14.7 Å². The van der Waals surface area contributed by atoms with Gasteiger partial charge in [0.25, 0.3) is 0 Å². The molecule has 0 aromatic carbocycles. The first-order valence-corrected chi connectivity index (χ1v) is 38.7. The van der Waals surface area contributed by atoms with Crippen LogP contribution in [0.2, 0.25) is 0 Å². The van der Waals surface area contributed by atoms with Gasteiger partial charge >= 0.3 is 11.9 Å². The van der Waals surface area contributed by atoms with Crippen LogP contribution in [0.5, 0.6) is 0 Å². The summed E-state index contributed by atoms with van der Waals surface area (Å²) < 4.78 is 10.8. The molecule has 1 N–H and O–H groups in total. The summed E-state index contributed by atoms with van der Waals surface area (Å²) >= 11 is 0. The molecule has 0 aromatic rings. The van der Waals surface area contributed by atoms with Crippen molar-refractivity contribution in [3.05, 3.63) is 170 Å². The second-order valence-electron chi connectivity index (χ2n) is 25.3. The summed E-state index contributed by atoms with van der Waals surface area (Å²) in [5.41, 5.74) is 0. The first-order valence-electron chi connectivity index (χ1n) is 38.7. The maximum atomic E-state index is 12.4. The van der Waals surface area contributed by atoms with Crippen molar-refractivity contribution in [2.45, 2.75) is 354 Å². The van der Waals surface area contributed by atoms with Crippen molar-refractivity contribution in [1.29, 1.82) is 0 Å². The number of unbranched alkanes of at least 4 members (excludes halogenated alkanes) is 34. The van der Waals surface area contributed by atoms with Gasteiger partial charge in [0.2, 0.25) is 0 Å². The van der Waals surface area contributed by atoms with Crippen LogP contribution in [0.25, 0.3) is 0 Å². The Morgan fingerprint density at radius 2 is 0.435 bits per heavy atom. The average molecular weight is 1270 g/mol. The fourth-order valence-corrected chi connectivity index (χ4v) is 10.8. The standard InChI is InChI=1S/C87H144O5/c1-3-5-7-9-11-13-15-17-19-21-23-25-27-29-31-33-35-37-39-41-43-45-47-49-51-53-55-57-59-61-63-65-67-69-71-73-75-77-79-81-86(89)91-84-85(83-88)92-87(90)82-80-78-76-74-72-70-68-66-64-62-60-58-56-54-52-50-48-46-44-42-40-38-36-34-32-30-28-26-24-22-20-18-16-14-12-10-8-6-4-2/h5-8,11-14,17-20,23-26,29-32,35-38,42,44,48,50,85,88H,3-4,9-10,15-16,21-22,27-28,33-34,39-41,43,45-47,49,51-84H2,1-2H3/b7-5-,8-6-,13-11-,14-12-,19-17-,20-18-,25-23-,26-24-,31-29-,32-30-,37-35-,38-36-,44-42-,50-48-. The van der Waals surface area contributed by atoms with Gasteiger partial charge in [0.1, 0.15) is 6.61 Å². The lowest BCUT2D eigenvalue weighted by molar-refractivity contribution is -0.161. The number of rotatable bonds is 70. The molecule has 0 saturated heterocycles. The van der Waals surface area contributed by atoms with Crippen LogP contribution in [0.4, 0.5) is 0 Å². The van der Waals surface area contributed by atoms with Crippen LogP contribution in [-0.4, -0.2) is 36.4 Å². The SMILES string of the molecule is CC/C=C\C/C=C\C/C=C\C/C=C\C/C=C\C/C=C\C/C=C\C/C=C\CCCCCCCCCCCCCCCCC(=O)OC(CO)COC(=O)CCCCCCCCCCCCCCCCCCCCCC/C=C\C/C=C\C/C=C\C/C=C\C/C=C\C/C=C\CC. The van der Waals surface area contributed by atoms with Crippen molar-refractivity contribution in [3.63, 3.8) is 0 Å². The Labute approximate surface area is 570 Å². The Bertz CT molecular complexity index is 1980. The number of hydrogen-bond donors (Lipinski definition) is 1. The summed E-state index contributed by atoms with van der Waals surface area (Å²) in [4.78, 5) is 24.7. The third-order valence-electron chi connectivity index (χ3n) is 16.5. The molecule has 0 fully saturated rings. The molecule has 0 bridgehead atoms. The number of carbonyl (C=O) groups is 2. The van der Waals surface area contributed by atoms with E-state index in [1.807, 2.05) is 0 Å². The van der Waals surface area contributed by atoms with Crippen LogP contribution >= 0.6 is 0 Å². The molecule has 0 aromatic heterocycles. The van der Waals surface area contributed by atoms with E-state index in [4.69, 9.17) is 9.47 Å². The highest BCUT2D eigenvalue weighted by molar-refractivity contribution is 5.70. The topological polar surface area (TPSA) is 72.8 Å². The third kappa shape index (κ3) is 77.7. The lowest BCUT2D eigenvalue weighted by Gasteiger charge is -2.15. The van der Waals surface area contributed by atoms with E-state index in [0.29, 0.717) is 12.8 Å². The number of esters is 2. The molecule has 1 atom stereocenters. The second kappa shape index (κ2) is 80.5. The molecule has 0 aliphatic heterocycles. The van der Waals surface area contributed by atoms with E-state index in [2.05, 4.69) is 184 Å². The van der Waals surface area contributed by atoms with Crippen LogP contribution in [0.15, 0.2) is 170 Å². The molecule has 92 heavy (non-hydrogen) atoms. The fraction of sp³-hybridized carbons (Fsp3) is 0.655. The van der Waals surface area contributed by atoms with Crippen LogP contribution in [0.1, 0.15) is 348 Å². The highest BCUT2D eigenvalue weighted by Gasteiger charge is 2.16. The van der Waals surface area contributed by atoms with Crippen molar-refractivity contribution in [2.24, 2.45) is 0 Å². The zero-order valence-electron chi connectivity index (χ0n) is 60.0. The lowest BCUT2D eigenvalue weighted by Crippen LogP contribution is -2.28. The normalized spacial score (nSPS) is 13.2. The van der Waals surface area contributed by atoms with Crippen LogP contribution in [0, 0.1) is 0 Å². The Hall–Kier alpha value is -4.74. The Morgan fingerprint density at radius 3 is 0.652 bits per heavy atom. The van der Waals surface area contributed by atoms with Gasteiger partial charge in [-0.3, -0.25) is 9.59 Å². The molecule has 0 amide bonds. The van der Waals surface area contributed by atoms with Gasteiger partial charge < -0.3 is 14.6 Å². The minimum atomic E-state index is -0.782. The minimum absolute atomic E-state index is 0.0696. The summed E-state index contributed by atoms with van der Waals surface area (Å²) in [5.74, 6) is -0.584. The Morgan fingerprint density at radius 1 is 0.250 bits per heavy atom. The predicted octanol–water partition coefficient (Wildman–Crippen LogP) is 27.5. The lowest BCUT2D eigenvalue weighted by atomic mass is 10.0. The summed E-state index contributed by atoms with van der Waals surface area (Å²) in [6, 6.07) is 0. The number of carbonyl (C=O) groups excluding carboxylic acids is 2. The Balaban J connectivity index is 3.48. The molecule has 0 radical (unpaired) electrons. The van der Waals surface area contributed by atoms with Gasteiger partial charge in [-0.2, -0.15) is 0 Å². The number of aliphatic hydroxyl groups excluding tert-OH is 1.